The Morgan fingerprint density at radius 3 is 2.53 bits per heavy atom. The fraction of sp³-hybridized carbons (Fsp3) is 0.562. The highest BCUT2D eigenvalue weighted by molar-refractivity contribution is 9.09. The van der Waals surface area contributed by atoms with Crippen LogP contribution in [-0.2, 0) is 13.0 Å². The number of nitrogens with zero attached hydrogens (tertiary/aromatic N) is 2. The van der Waals surface area contributed by atoms with Crippen molar-refractivity contribution < 1.29 is 0 Å². The van der Waals surface area contributed by atoms with Crippen molar-refractivity contribution in [2.24, 2.45) is 11.3 Å². The number of alkyl halides is 1. The van der Waals surface area contributed by atoms with Gasteiger partial charge in [-0.25, -0.2) is 0 Å². The van der Waals surface area contributed by atoms with E-state index < -0.39 is 0 Å². The SMILES string of the molecule is CCn1nc(CC(CBr)C(C)(C)C)c2ccccc21. The molecular weight excluding hydrogens is 300 g/mol. The van der Waals surface area contributed by atoms with Crippen molar-refractivity contribution >= 4 is 26.8 Å². The van der Waals surface area contributed by atoms with Crippen LogP contribution >= 0.6 is 15.9 Å². The second-order valence-electron chi connectivity index (χ2n) is 6.20. The van der Waals surface area contributed by atoms with Crippen LogP contribution in [0, 0.1) is 11.3 Å². The first-order valence-corrected chi connectivity index (χ1v) is 8.10. The van der Waals surface area contributed by atoms with Crippen molar-refractivity contribution in [1.82, 2.24) is 9.78 Å². The Labute approximate surface area is 124 Å². The van der Waals surface area contributed by atoms with Crippen LogP contribution in [0.3, 0.4) is 0 Å². The van der Waals surface area contributed by atoms with Gasteiger partial charge in [0.1, 0.15) is 0 Å². The summed E-state index contributed by atoms with van der Waals surface area (Å²) in [5.41, 5.74) is 2.78. The lowest BCUT2D eigenvalue weighted by Gasteiger charge is -2.28. The Kier molecular flexibility index (Phi) is 4.34. The van der Waals surface area contributed by atoms with Gasteiger partial charge in [-0.15, -0.1) is 0 Å². The molecule has 1 aromatic heterocycles. The molecule has 2 nitrogen and oxygen atoms in total. The molecule has 19 heavy (non-hydrogen) atoms. The summed E-state index contributed by atoms with van der Waals surface area (Å²) < 4.78 is 2.11. The Morgan fingerprint density at radius 1 is 1.26 bits per heavy atom. The number of para-hydroxylation sites is 1. The van der Waals surface area contributed by atoms with Crippen LogP contribution in [-0.4, -0.2) is 15.1 Å². The molecule has 2 rings (SSSR count). The topological polar surface area (TPSA) is 17.8 Å². The third-order valence-electron chi connectivity index (χ3n) is 3.88. The number of fused-ring (bicyclic) bond motifs is 1. The summed E-state index contributed by atoms with van der Waals surface area (Å²) in [4.78, 5) is 0. The smallest absolute Gasteiger partial charge is 0.0706 e. The van der Waals surface area contributed by atoms with Crippen molar-refractivity contribution in [1.29, 1.82) is 0 Å². The summed E-state index contributed by atoms with van der Waals surface area (Å²) in [6.07, 6.45) is 1.03. The van der Waals surface area contributed by atoms with Gasteiger partial charge >= 0.3 is 0 Å². The number of benzene rings is 1. The number of hydrogen-bond acceptors (Lipinski definition) is 1. The van der Waals surface area contributed by atoms with Gasteiger partial charge in [-0.2, -0.15) is 5.10 Å². The maximum absolute atomic E-state index is 4.80. The van der Waals surface area contributed by atoms with Crippen molar-refractivity contribution in [3.05, 3.63) is 30.0 Å². The molecule has 0 saturated heterocycles. The molecule has 1 unspecified atom stereocenters. The van der Waals surface area contributed by atoms with Gasteiger partial charge in [0.25, 0.3) is 0 Å². The molecule has 1 aromatic carbocycles. The van der Waals surface area contributed by atoms with Crippen LogP contribution in [0.4, 0.5) is 0 Å². The van der Waals surface area contributed by atoms with E-state index in [0.29, 0.717) is 11.3 Å². The summed E-state index contributed by atoms with van der Waals surface area (Å²) in [6.45, 7) is 9.98. The molecule has 0 spiro atoms. The first kappa shape index (κ1) is 14.6. The molecule has 0 bridgehead atoms. The van der Waals surface area contributed by atoms with Crippen molar-refractivity contribution in [2.75, 3.05) is 5.33 Å². The normalized spacial score (nSPS) is 13.9. The van der Waals surface area contributed by atoms with E-state index >= 15 is 0 Å². The minimum absolute atomic E-state index is 0.292. The Balaban J connectivity index is 2.40. The first-order chi connectivity index (χ1) is 8.97. The Hall–Kier alpha value is -0.830. The molecular formula is C16H23BrN2. The number of hydrogen-bond donors (Lipinski definition) is 0. The Morgan fingerprint density at radius 2 is 1.95 bits per heavy atom. The molecule has 1 atom stereocenters. The van der Waals surface area contributed by atoms with Gasteiger partial charge in [0.2, 0.25) is 0 Å². The summed E-state index contributed by atoms with van der Waals surface area (Å²) in [5, 5.41) is 7.13. The minimum Gasteiger partial charge on any atom is -0.265 e. The van der Waals surface area contributed by atoms with Gasteiger partial charge in [0.15, 0.2) is 0 Å². The molecule has 104 valence electrons. The molecule has 0 aliphatic carbocycles. The quantitative estimate of drug-likeness (QED) is 0.749. The van der Waals surface area contributed by atoms with Crippen LogP contribution in [0.15, 0.2) is 24.3 Å². The predicted molar refractivity (Wildman–Crippen MR) is 85.9 cm³/mol. The molecule has 0 N–H and O–H groups in total. The van der Waals surface area contributed by atoms with Crippen LogP contribution in [0.25, 0.3) is 10.9 Å². The highest BCUT2D eigenvalue weighted by Crippen LogP contribution is 2.32. The molecule has 0 amide bonds. The number of rotatable bonds is 4. The average molecular weight is 323 g/mol. The zero-order valence-electron chi connectivity index (χ0n) is 12.3. The number of aryl methyl sites for hydroxylation is 1. The zero-order valence-corrected chi connectivity index (χ0v) is 13.9. The maximum atomic E-state index is 4.80. The van der Waals surface area contributed by atoms with Crippen LogP contribution < -0.4 is 0 Å². The lowest BCUT2D eigenvalue weighted by molar-refractivity contribution is 0.265. The molecule has 1 heterocycles. The third-order valence-corrected chi connectivity index (χ3v) is 4.67. The van der Waals surface area contributed by atoms with E-state index in [9.17, 15) is 0 Å². The van der Waals surface area contributed by atoms with Crippen molar-refractivity contribution in [3.8, 4) is 0 Å². The fourth-order valence-electron chi connectivity index (χ4n) is 2.41. The zero-order chi connectivity index (χ0) is 14.0. The lowest BCUT2D eigenvalue weighted by atomic mass is 9.79. The van der Waals surface area contributed by atoms with E-state index in [1.54, 1.807) is 0 Å². The fourth-order valence-corrected chi connectivity index (χ4v) is 3.61. The highest BCUT2D eigenvalue weighted by atomic mass is 79.9. The van der Waals surface area contributed by atoms with Gasteiger partial charge in [-0.3, -0.25) is 4.68 Å². The number of halogens is 1. The predicted octanol–water partition coefficient (Wildman–Crippen LogP) is 4.66. The first-order valence-electron chi connectivity index (χ1n) is 6.97. The third kappa shape index (κ3) is 3.02. The molecule has 0 radical (unpaired) electrons. The summed E-state index contributed by atoms with van der Waals surface area (Å²) in [7, 11) is 0. The van der Waals surface area contributed by atoms with E-state index in [-0.39, 0.29) is 0 Å². The van der Waals surface area contributed by atoms with Gasteiger partial charge in [0.05, 0.1) is 11.2 Å². The summed E-state index contributed by atoms with van der Waals surface area (Å²) in [6, 6.07) is 8.55. The van der Waals surface area contributed by atoms with Crippen LogP contribution in [0.2, 0.25) is 0 Å². The molecule has 0 aliphatic rings. The number of aromatic nitrogens is 2. The van der Waals surface area contributed by atoms with Gasteiger partial charge in [-0.1, -0.05) is 54.9 Å². The summed E-state index contributed by atoms with van der Waals surface area (Å²) >= 11 is 3.66. The largest absolute Gasteiger partial charge is 0.265 e. The van der Waals surface area contributed by atoms with E-state index in [1.807, 2.05) is 0 Å². The molecule has 2 aromatic rings. The van der Waals surface area contributed by atoms with E-state index in [4.69, 9.17) is 5.10 Å². The standard InChI is InChI=1S/C16H23BrN2/c1-5-19-15-9-7-6-8-13(15)14(18-19)10-12(11-17)16(2,3)4/h6-9,12H,5,10-11H2,1-4H3. The van der Waals surface area contributed by atoms with Crippen molar-refractivity contribution in [2.45, 2.75) is 40.7 Å². The second kappa shape index (κ2) is 5.66. The highest BCUT2D eigenvalue weighted by Gasteiger charge is 2.25. The monoisotopic (exact) mass is 322 g/mol. The average Bonchev–Trinajstić information content (AvgIpc) is 2.73. The van der Waals surface area contributed by atoms with E-state index in [2.05, 4.69) is 72.6 Å². The van der Waals surface area contributed by atoms with Gasteiger partial charge < -0.3 is 0 Å². The molecule has 0 fully saturated rings. The molecule has 3 heteroatoms. The van der Waals surface area contributed by atoms with E-state index in [1.165, 1.54) is 16.6 Å². The maximum Gasteiger partial charge on any atom is 0.0706 e. The second-order valence-corrected chi connectivity index (χ2v) is 6.85. The van der Waals surface area contributed by atoms with Crippen LogP contribution in [0.1, 0.15) is 33.4 Å². The van der Waals surface area contributed by atoms with Gasteiger partial charge in [-0.05, 0) is 30.7 Å². The van der Waals surface area contributed by atoms with Crippen LogP contribution in [0.5, 0.6) is 0 Å². The lowest BCUT2D eigenvalue weighted by Crippen LogP contribution is -2.24. The van der Waals surface area contributed by atoms with Gasteiger partial charge in [0, 0.05) is 17.3 Å². The summed E-state index contributed by atoms with van der Waals surface area (Å²) in [5.74, 6) is 0.594. The molecule has 0 saturated carbocycles. The van der Waals surface area contributed by atoms with Crippen molar-refractivity contribution in [3.63, 3.8) is 0 Å². The molecule has 0 aliphatic heterocycles. The minimum atomic E-state index is 0.292. The van der Waals surface area contributed by atoms with E-state index in [0.717, 1.165) is 18.3 Å². The Bertz CT molecular complexity index is 551.